The summed E-state index contributed by atoms with van der Waals surface area (Å²) in [6.07, 6.45) is -1.29. The Bertz CT molecular complexity index is 1200. The number of halogens is 1. The molecular weight excluding hydrogens is 480 g/mol. The van der Waals surface area contributed by atoms with E-state index in [0.29, 0.717) is 29.0 Å². The minimum Gasteiger partial charge on any atom is -0.465 e. The monoisotopic (exact) mass is 500 g/mol. The average Bonchev–Trinajstić information content (AvgIpc) is 3.23. The quantitative estimate of drug-likeness (QED) is 0.444. The summed E-state index contributed by atoms with van der Waals surface area (Å²) in [5.74, 6) is -1.10. The molecule has 0 aromatic heterocycles. The van der Waals surface area contributed by atoms with Crippen molar-refractivity contribution in [2.75, 3.05) is 23.7 Å². The summed E-state index contributed by atoms with van der Waals surface area (Å²) in [7, 11) is 0. The highest BCUT2D eigenvalue weighted by molar-refractivity contribution is 6.30. The SMILES string of the molecule is O=CC[C@H](NC(=O)c1ccc(NC(=O)O)cc1)C(=O)N1CCC2(C1)OC(=O)Nc1ccc(Cl)cc12. The lowest BCUT2D eigenvalue weighted by Crippen LogP contribution is -2.49. The lowest BCUT2D eigenvalue weighted by molar-refractivity contribution is -0.134. The first kappa shape index (κ1) is 24.0. The maximum Gasteiger partial charge on any atom is 0.412 e. The number of carboxylic acid groups (broad SMARTS) is 1. The van der Waals surface area contributed by atoms with E-state index in [1.165, 1.54) is 29.2 Å². The van der Waals surface area contributed by atoms with Crippen molar-refractivity contribution in [1.29, 1.82) is 0 Å². The van der Waals surface area contributed by atoms with E-state index in [4.69, 9.17) is 21.4 Å². The summed E-state index contributed by atoms with van der Waals surface area (Å²) in [6, 6.07) is 9.43. The fourth-order valence-corrected chi connectivity index (χ4v) is 4.42. The molecular formula is C23H21ClN4O7. The molecule has 2 atom stereocenters. The van der Waals surface area contributed by atoms with E-state index in [1.807, 2.05) is 0 Å². The van der Waals surface area contributed by atoms with Crippen LogP contribution in [0.25, 0.3) is 0 Å². The van der Waals surface area contributed by atoms with Crippen molar-refractivity contribution >= 4 is 53.3 Å². The third kappa shape index (κ3) is 5.04. The summed E-state index contributed by atoms with van der Waals surface area (Å²) in [5, 5.41) is 16.5. The van der Waals surface area contributed by atoms with E-state index in [1.54, 1.807) is 18.2 Å². The molecule has 4 amide bonds. The van der Waals surface area contributed by atoms with Gasteiger partial charge in [0.1, 0.15) is 12.3 Å². The molecule has 0 saturated carbocycles. The maximum atomic E-state index is 13.3. The number of rotatable bonds is 6. The topological polar surface area (TPSA) is 154 Å². The van der Waals surface area contributed by atoms with Crippen LogP contribution in [0.15, 0.2) is 42.5 Å². The zero-order valence-electron chi connectivity index (χ0n) is 18.2. The highest BCUT2D eigenvalue weighted by atomic mass is 35.5. The van der Waals surface area contributed by atoms with E-state index in [-0.39, 0.29) is 30.8 Å². The Morgan fingerprint density at radius 2 is 1.97 bits per heavy atom. The predicted octanol–water partition coefficient (Wildman–Crippen LogP) is 2.81. The number of aldehydes is 1. The Kier molecular flexibility index (Phi) is 6.61. The molecule has 1 fully saturated rings. The molecule has 1 spiro atoms. The van der Waals surface area contributed by atoms with Gasteiger partial charge in [-0.05, 0) is 42.5 Å². The number of carbonyl (C=O) groups is 5. The van der Waals surface area contributed by atoms with Crippen molar-refractivity contribution in [1.82, 2.24) is 10.2 Å². The van der Waals surface area contributed by atoms with Crippen LogP contribution in [-0.2, 0) is 19.9 Å². The normalized spacial score (nSPS) is 19.2. The number of nitrogens with one attached hydrogen (secondary N) is 3. The van der Waals surface area contributed by atoms with Gasteiger partial charge >= 0.3 is 12.2 Å². The molecule has 4 N–H and O–H groups in total. The molecule has 0 aliphatic carbocycles. The number of hydrogen-bond acceptors (Lipinski definition) is 6. The molecule has 4 rings (SSSR count). The van der Waals surface area contributed by atoms with Crippen LogP contribution in [0.1, 0.15) is 28.8 Å². The molecule has 2 heterocycles. The van der Waals surface area contributed by atoms with Crippen molar-refractivity contribution in [2.24, 2.45) is 0 Å². The fraction of sp³-hybridized carbons (Fsp3) is 0.261. The Morgan fingerprint density at radius 1 is 1.23 bits per heavy atom. The number of hydrogen-bond donors (Lipinski definition) is 4. The molecule has 1 saturated heterocycles. The van der Waals surface area contributed by atoms with Crippen LogP contribution in [0.4, 0.5) is 21.0 Å². The van der Waals surface area contributed by atoms with Gasteiger partial charge in [-0.1, -0.05) is 11.6 Å². The molecule has 2 aromatic rings. The highest BCUT2D eigenvalue weighted by Crippen LogP contribution is 2.43. The fourth-order valence-electron chi connectivity index (χ4n) is 4.25. The minimum atomic E-state index is -1.24. The zero-order chi connectivity index (χ0) is 25.2. The number of anilines is 2. The van der Waals surface area contributed by atoms with Crippen LogP contribution >= 0.6 is 11.6 Å². The van der Waals surface area contributed by atoms with Crippen LogP contribution in [0.3, 0.4) is 0 Å². The smallest absolute Gasteiger partial charge is 0.412 e. The van der Waals surface area contributed by atoms with Crippen molar-refractivity contribution in [2.45, 2.75) is 24.5 Å². The summed E-state index contributed by atoms with van der Waals surface area (Å²) in [5.41, 5.74) is 0.540. The van der Waals surface area contributed by atoms with Crippen molar-refractivity contribution < 1.29 is 33.8 Å². The molecule has 2 aliphatic heterocycles. The molecule has 0 bridgehead atoms. The van der Waals surface area contributed by atoms with Crippen LogP contribution in [-0.4, -0.2) is 59.4 Å². The highest BCUT2D eigenvalue weighted by Gasteiger charge is 2.49. The zero-order valence-corrected chi connectivity index (χ0v) is 19.0. The molecule has 2 aromatic carbocycles. The van der Waals surface area contributed by atoms with Gasteiger partial charge in [0.05, 0.1) is 12.2 Å². The Balaban J connectivity index is 1.49. The molecule has 1 unspecified atom stereocenters. The third-order valence-electron chi connectivity index (χ3n) is 5.87. The molecule has 182 valence electrons. The van der Waals surface area contributed by atoms with Gasteiger partial charge in [0, 0.05) is 41.2 Å². The number of carbonyl (C=O) groups excluding carboxylic acids is 4. The van der Waals surface area contributed by atoms with Crippen LogP contribution in [0.5, 0.6) is 0 Å². The predicted molar refractivity (Wildman–Crippen MR) is 124 cm³/mol. The lowest BCUT2D eigenvalue weighted by Gasteiger charge is -2.35. The van der Waals surface area contributed by atoms with Gasteiger partial charge in [-0.2, -0.15) is 0 Å². The van der Waals surface area contributed by atoms with Crippen molar-refractivity contribution in [3.05, 3.63) is 58.6 Å². The Labute approximate surface area is 204 Å². The molecule has 12 heteroatoms. The minimum absolute atomic E-state index is 0.0351. The van der Waals surface area contributed by atoms with Gasteiger partial charge in [-0.15, -0.1) is 0 Å². The second-order valence-corrected chi connectivity index (χ2v) is 8.58. The summed E-state index contributed by atoms with van der Waals surface area (Å²) >= 11 is 6.15. The average molecular weight is 501 g/mol. The lowest BCUT2D eigenvalue weighted by atomic mass is 9.90. The van der Waals surface area contributed by atoms with Gasteiger partial charge in [0.15, 0.2) is 5.60 Å². The van der Waals surface area contributed by atoms with E-state index in [0.717, 1.165) is 0 Å². The maximum absolute atomic E-state index is 13.3. The van der Waals surface area contributed by atoms with E-state index in [2.05, 4.69) is 16.0 Å². The van der Waals surface area contributed by atoms with Gasteiger partial charge in [-0.25, -0.2) is 9.59 Å². The molecule has 2 aliphatic rings. The summed E-state index contributed by atoms with van der Waals surface area (Å²) in [6.45, 7) is 0.270. The molecule has 11 nitrogen and oxygen atoms in total. The van der Waals surface area contributed by atoms with Crippen molar-refractivity contribution in [3.63, 3.8) is 0 Å². The molecule has 0 radical (unpaired) electrons. The second-order valence-electron chi connectivity index (χ2n) is 8.14. The number of ether oxygens (including phenoxy) is 1. The summed E-state index contributed by atoms with van der Waals surface area (Å²) < 4.78 is 5.62. The van der Waals surface area contributed by atoms with Gasteiger partial charge < -0.3 is 24.9 Å². The first-order valence-corrected chi connectivity index (χ1v) is 11.0. The van der Waals surface area contributed by atoms with E-state index < -0.39 is 35.6 Å². The van der Waals surface area contributed by atoms with Crippen molar-refractivity contribution in [3.8, 4) is 0 Å². The Morgan fingerprint density at radius 3 is 2.66 bits per heavy atom. The first-order valence-electron chi connectivity index (χ1n) is 10.6. The third-order valence-corrected chi connectivity index (χ3v) is 6.11. The number of benzene rings is 2. The number of likely N-dealkylation sites (tertiary alicyclic amines) is 1. The van der Waals surface area contributed by atoms with Gasteiger partial charge in [-0.3, -0.25) is 20.2 Å². The van der Waals surface area contributed by atoms with Crippen LogP contribution < -0.4 is 16.0 Å². The summed E-state index contributed by atoms with van der Waals surface area (Å²) in [4.78, 5) is 61.5. The number of fused-ring (bicyclic) bond motifs is 2. The Hall–Kier alpha value is -4.12. The van der Waals surface area contributed by atoms with Crippen LogP contribution in [0.2, 0.25) is 5.02 Å². The number of amides is 4. The van der Waals surface area contributed by atoms with E-state index >= 15 is 0 Å². The van der Waals surface area contributed by atoms with Gasteiger partial charge in [0.25, 0.3) is 5.91 Å². The standard InChI is InChI=1S/C23H21ClN4O7/c24-14-3-6-17-16(11-14)23(35-22(34)27-17)8-9-28(12-23)20(31)18(7-10-29)26-19(30)13-1-4-15(5-2-13)25-21(32)33/h1-6,10-11,18,25H,7-9,12H2,(H,26,30)(H,27,34)(H,32,33)/t18-,23?/m0/s1. The van der Waals surface area contributed by atoms with Crippen LogP contribution in [0, 0.1) is 0 Å². The molecule has 35 heavy (non-hydrogen) atoms. The largest absolute Gasteiger partial charge is 0.465 e. The van der Waals surface area contributed by atoms with E-state index in [9.17, 15) is 24.0 Å². The van der Waals surface area contributed by atoms with Gasteiger partial charge in [0.2, 0.25) is 5.91 Å². The first-order chi connectivity index (χ1) is 16.7. The second kappa shape index (κ2) is 9.63. The number of nitrogens with zero attached hydrogens (tertiary/aromatic N) is 1.